The van der Waals surface area contributed by atoms with Crippen molar-refractivity contribution in [3.05, 3.63) is 12.2 Å². The number of nitrogens with zero attached hydrogens (tertiary/aromatic N) is 1. The van der Waals surface area contributed by atoms with Crippen LogP contribution in [0.15, 0.2) is 12.2 Å². The smallest absolute Gasteiger partial charge is 0.0460 e. The Kier molecular flexibility index (Phi) is 5.00. The van der Waals surface area contributed by atoms with Crippen LogP contribution in [0.2, 0.25) is 0 Å². The van der Waals surface area contributed by atoms with E-state index in [2.05, 4.69) is 44.7 Å². The van der Waals surface area contributed by atoms with E-state index in [1.165, 1.54) is 37.7 Å². The van der Waals surface area contributed by atoms with Gasteiger partial charge < -0.3 is 10.2 Å². The molecule has 0 heterocycles. The average Bonchev–Trinajstić information content (AvgIpc) is 2.68. The fourth-order valence-corrected chi connectivity index (χ4v) is 3.09. The van der Waals surface area contributed by atoms with E-state index in [4.69, 9.17) is 0 Å². The van der Waals surface area contributed by atoms with Crippen molar-refractivity contribution in [3.8, 4) is 0 Å². The van der Waals surface area contributed by atoms with Gasteiger partial charge in [-0.2, -0.15) is 0 Å². The van der Waals surface area contributed by atoms with Gasteiger partial charge in [0.25, 0.3) is 0 Å². The van der Waals surface area contributed by atoms with Gasteiger partial charge in [0.15, 0.2) is 0 Å². The number of hydrogen-bond donors (Lipinski definition) is 1. The Morgan fingerprint density at radius 3 is 2.31 bits per heavy atom. The monoisotopic (exact) mass is 224 g/mol. The van der Waals surface area contributed by atoms with Crippen molar-refractivity contribution in [2.75, 3.05) is 20.6 Å². The Morgan fingerprint density at radius 1 is 1.38 bits per heavy atom. The van der Waals surface area contributed by atoms with Gasteiger partial charge in [0, 0.05) is 11.6 Å². The molecule has 1 rings (SSSR count). The molecule has 94 valence electrons. The van der Waals surface area contributed by atoms with E-state index in [0.717, 1.165) is 6.54 Å². The molecule has 0 saturated heterocycles. The van der Waals surface area contributed by atoms with Gasteiger partial charge >= 0.3 is 0 Å². The molecule has 0 spiro atoms. The van der Waals surface area contributed by atoms with Gasteiger partial charge in [0.05, 0.1) is 0 Å². The number of likely N-dealkylation sites (N-methyl/N-ethyl adjacent to an activating group) is 1. The maximum atomic E-state index is 4.19. The van der Waals surface area contributed by atoms with Gasteiger partial charge in [-0.3, -0.25) is 0 Å². The van der Waals surface area contributed by atoms with Gasteiger partial charge in [-0.1, -0.05) is 31.9 Å². The van der Waals surface area contributed by atoms with Crippen LogP contribution in [0.1, 0.15) is 46.0 Å². The van der Waals surface area contributed by atoms with Crippen molar-refractivity contribution in [1.82, 2.24) is 10.2 Å². The van der Waals surface area contributed by atoms with Crippen LogP contribution in [0, 0.1) is 0 Å². The lowest BCUT2D eigenvalue weighted by Crippen LogP contribution is -2.58. The highest BCUT2D eigenvalue weighted by molar-refractivity contribution is 5.16. The van der Waals surface area contributed by atoms with Crippen LogP contribution >= 0.6 is 0 Å². The third-order valence-electron chi connectivity index (χ3n) is 3.99. The highest BCUT2D eigenvalue weighted by atomic mass is 15.2. The van der Waals surface area contributed by atoms with E-state index in [0.29, 0.717) is 11.6 Å². The molecule has 0 aromatic rings. The highest BCUT2D eigenvalue weighted by Gasteiger charge is 2.43. The first-order chi connectivity index (χ1) is 7.54. The predicted molar refractivity (Wildman–Crippen MR) is 71.8 cm³/mol. The molecule has 0 aromatic carbocycles. The minimum atomic E-state index is 0.307. The summed E-state index contributed by atoms with van der Waals surface area (Å²) in [4.78, 5) is 2.42. The first-order valence-electron chi connectivity index (χ1n) is 6.61. The summed E-state index contributed by atoms with van der Waals surface area (Å²) in [5, 5.41) is 3.69. The number of rotatable bonds is 6. The maximum Gasteiger partial charge on any atom is 0.0460 e. The van der Waals surface area contributed by atoms with Gasteiger partial charge in [0.1, 0.15) is 0 Å². The van der Waals surface area contributed by atoms with Crippen LogP contribution in [0.4, 0.5) is 0 Å². The summed E-state index contributed by atoms with van der Waals surface area (Å²) in [6, 6.07) is 0.449. The molecule has 1 fully saturated rings. The zero-order valence-corrected chi connectivity index (χ0v) is 11.5. The maximum absolute atomic E-state index is 4.19. The van der Waals surface area contributed by atoms with Crippen molar-refractivity contribution in [1.29, 1.82) is 0 Å². The van der Waals surface area contributed by atoms with Crippen LogP contribution in [0.5, 0.6) is 0 Å². The third-order valence-corrected chi connectivity index (χ3v) is 3.99. The van der Waals surface area contributed by atoms with Crippen molar-refractivity contribution in [2.24, 2.45) is 0 Å². The van der Waals surface area contributed by atoms with Gasteiger partial charge in [-0.25, -0.2) is 0 Å². The Morgan fingerprint density at radius 2 is 1.94 bits per heavy atom. The standard InChI is InChI=1S/C14H28N2/c1-6-11-15-13(12(2)3)14(16(4)5)9-7-8-10-14/h13,15H,2,6-11H2,1,3-5H3. The van der Waals surface area contributed by atoms with Crippen molar-refractivity contribution in [2.45, 2.75) is 57.5 Å². The van der Waals surface area contributed by atoms with Crippen molar-refractivity contribution >= 4 is 0 Å². The summed E-state index contributed by atoms with van der Waals surface area (Å²) in [5.41, 5.74) is 1.59. The van der Waals surface area contributed by atoms with E-state index in [9.17, 15) is 0 Å². The van der Waals surface area contributed by atoms with Crippen molar-refractivity contribution in [3.63, 3.8) is 0 Å². The molecule has 2 nitrogen and oxygen atoms in total. The summed E-state index contributed by atoms with van der Waals surface area (Å²) < 4.78 is 0. The molecule has 1 aliphatic rings. The van der Waals surface area contributed by atoms with Crippen LogP contribution in [-0.2, 0) is 0 Å². The van der Waals surface area contributed by atoms with Gasteiger partial charge in [0.2, 0.25) is 0 Å². The molecule has 0 radical (unpaired) electrons. The first kappa shape index (κ1) is 13.7. The molecule has 1 unspecified atom stereocenters. The predicted octanol–water partition coefficient (Wildman–Crippen LogP) is 2.81. The van der Waals surface area contributed by atoms with E-state index in [1.807, 2.05) is 0 Å². The summed E-state index contributed by atoms with van der Waals surface area (Å²) in [6.45, 7) is 9.67. The van der Waals surface area contributed by atoms with Crippen LogP contribution in [0.3, 0.4) is 0 Å². The van der Waals surface area contributed by atoms with Crippen LogP contribution in [0.25, 0.3) is 0 Å². The topological polar surface area (TPSA) is 15.3 Å². The first-order valence-corrected chi connectivity index (χ1v) is 6.61. The second-order valence-electron chi connectivity index (χ2n) is 5.44. The Hall–Kier alpha value is -0.340. The molecule has 1 atom stereocenters. The lowest BCUT2D eigenvalue weighted by molar-refractivity contribution is 0.120. The second-order valence-corrected chi connectivity index (χ2v) is 5.44. The van der Waals surface area contributed by atoms with E-state index in [-0.39, 0.29) is 0 Å². The molecule has 16 heavy (non-hydrogen) atoms. The van der Waals surface area contributed by atoms with Gasteiger partial charge in [-0.15, -0.1) is 0 Å². The molecule has 2 heteroatoms. The fraction of sp³-hybridized carbons (Fsp3) is 0.857. The zero-order valence-electron chi connectivity index (χ0n) is 11.5. The zero-order chi connectivity index (χ0) is 12.2. The number of nitrogens with one attached hydrogen (secondary N) is 1. The van der Waals surface area contributed by atoms with Crippen molar-refractivity contribution < 1.29 is 0 Å². The molecular weight excluding hydrogens is 196 g/mol. The SMILES string of the molecule is C=C(C)C(NCCC)C1(N(C)C)CCCC1. The lowest BCUT2D eigenvalue weighted by Gasteiger charge is -2.44. The molecule has 0 amide bonds. The Labute approximate surface area is 101 Å². The largest absolute Gasteiger partial charge is 0.309 e. The molecule has 1 saturated carbocycles. The summed E-state index contributed by atoms with van der Waals surface area (Å²) >= 11 is 0. The molecule has 0 bridgehead atoms. The van der Waals surface area contributed by atoms with Gasteiger partial charge in [-0.05, 0) is 46.8 Å². The van der Waals surface area contributed by atoms with E-state index >= 15 is 0 Å². The van der Waals surface area contributed by atoms with E-state index in [1.54, 1.807) is 0 Å². The molecule has 0 aromatic heterocycles. The molecular formula is C14H28N2. The average molecular weight is 224 g/mol. The highest BCUT2D eigenvalue weighted by Crippen LogP contribution is 2.38. The number of hydrogen-bond acceptors (Lipinski definition) is 2. The normalized spacial score (nSPS) is 21.3. The molecule has 0 aliphatic heterocycles. The Bertz CT molecular complexity index is 227. The summed E-state index contributed by atoms with van der Waals surface area (Å²) in [6.07, 6.45) is 6.50. The molecule has 1 N–H and O–H groups in total. The minimum Gasteiger partial charge on any atom is -0.309 e. The van der Waals surface area contributed by atoms with Crippen LogP contribution in [-0.4, -0.2) is 37.1 Å². The van der Waals surface area contributed by atoms with E-state index < -0.39 is 0 Å². The molecule has 1 aliphatic carbocycles. The lowest BCUT2D eigenvalue weighted by atomic mass is 9.83. The summed E-state index contributed by atoms with van der Waals surface area (Å²) in [5.74, 6) is 0. The summed E-state index contributed by atoms with van der Waals surface area (Å²) in [7, 11) is 4.43. The van der Waals surface area contributed by atoms with Crippen LogP contribution < -0.4 is 5.32 Å². The quantitative estimate of drug-likeness (QED) is 0.698. The third kappa shape index (κ3) is 2.67. The fourth-order valence-electron chi connectivity index (χ4n) is 3.09. The Balaban J connectivity index is 2.83. The minimum absolute atomic E-state index is 0.307. The second kappa shape index (κ2) is 5.83.